The average molecular weight is 400 g/mol. The van der Waals surface area contributed by atoms with Gasteiger partial charge in [-0.05, 0) is 38.3 Å². The van der Waals surface area contributed by atoms with Crippen molar-refractivity contribution in [2.75, 3.05) is 19.8 Å². The first-order chi connectivity index (χ1) is 10.9. The summed E-state index contributed by atoms with van der Waals surface area (Å²) in [6.07, 6.45) is 0.616. The highest BCUT2D eigenvalue weighted by Crippen LogP contribution is 2.44. The Balaban J connectivity index is 3.35. The molecule has 1 aromatic rings. The van der Waals surface area contributed by atoms with E-state index < -0.39 is 18.1 Å². The first kappa shape index (κ1) is 21.2. The van der Waals surface area contributed by atoms with Crippen LogP contribution in [-0.4, -0.2) is 28.6 Å². The molecule has 0 bridgehead atoms. The van der Waals surface area contributed by atoms with Crippen molar-refractivity contribution in [2.24, 2.45) is 0 Å². The number of hydrogen-bond acceptors (Lipinski definition) is 3. The lowest BCUT2D eigenvalue weighted by atomic mass is 10.1. The largest absolute Gasteiger partial charge is 0.527 e. The summed E-state index contributed by atoms with van der Waals surface area (Å²) in [6, 6.07) is 7.58. The quantitative estimate of drug-likeness (QED) is 0.379. The summed E-state index contributed by atoms with van der Waals surface area (Å²) in [7, 11) is -3.14. The molecule has 23 heavy (non-hydrogen) atoms. The van der Waals surface area contributed by atoms with Gasteiger partial charge in [-0.2, -0.15) is 0 Å². The number of alkyl halides is 3. The standard InChI is InChI=1S/C16H25Cl3O3Si/c1-5-16(19,14-11-9-13(10-12-14)15(17)18)23(20-6-2,21-7-3)22-8-4/h9-12,15H,5-8H2,1-4H3. The molecule has 0 aliphatic rings. The summed E-state index contributed by atoms with van der Waals surface area (Å²) >= 11 is 18.9. The molecule has 0 N–H and O–H groups in total. The van der Waals surface area contributed by atoms with Crippen LogP contribution < -0.4 is 0 Å². The van der Waals surface area contributed by atoms with Crippen LogP contribution in [0.1, 0.15) is 50.1 Å². The van der Waals surface area contributed by atoms with E-state index in [1.807, 2.05) is 52.0 Å². The highest BCUT2D eigenvalue weighted by atomic mass is 35.5. The molecule has 3 nitrogen and oxygen atoms in total. The van der Waals surface area contributed by atoms with Gasteiger partial charge in [0.05, 0.1) is 0 Å². The zero-order chi connectivity index (χ0) is 17.5. The Bertz CT molecular complexity index is 453. The highest BCUT2D eigenvalue weighted by Gasteiger charge is 2.60. The SMILES string of the molecule is CCO[Si](OCC)(OCC)C(Cl)(CC)c1ccc(C(Cl)Cl)cc1. The van der Waals surface area contributed by atoms with E-state index in [4.69, 9.17) is 48.1 Å². The number of hydrogen-bond donors (Lipinski definition) is 0. The topological polar surface area (TPSA) is 27.7 Å². The second-order valence-electron chi connectivity index (χ2n) is 4.93. The summed E-state index contributed by atoms with van der Waals surface area (Å²) in [6.45, 7) is 9.19. The third kappa shape index (κ3) is 4.63. The third-order valence-electron chi connectivity index (χ3n) is 3.60. The van der Waals surface area contributed by atoms with Gasteiger partial charge in [-0.15, -0.1) is 34.8 Å². The van der Waals surface area contributed by atoms with Gasteiger partial charge in [0.1, 0.15) is 9.33 Å². The molecule has 0 radical (unpaired) electrons. The minimum absolute atomic E-state index is 0.476. The molecule has 1 atom stereocenters. The van der Waals surface area contributed by atoms with Crippen LogP contribution >= 0.6 is 34.8 Å². The Hall–Kier alpha value is 0.187. The maximum Gasteiger partial charge on any atom is 0.527 e. The average Bonchev–Trinajstić information content (AvgIpc) is 2.54. The number of halogens is 3. The van der Waals surface area contributed by atoms with E-state index in [1.54, 1.807) is 0 Å². The van der Waals surface area contributed by atoms with Crippen molar-refractivity contribution in [1.29, 1.82) is 0 Å². The molecule has 0 saturated carbocycles. The molecule has 0 aliphatic heterocycles. The van der Waals surface area contributed by atoms with E-state index in [-0.39, 0.29) is 0 Å². The lowest BCUT2D eigenvalue weighted by molar-refractivity contribution is 0.0554. The van der Waals surface area contributed by atoms with Gasteiger partial charge >= 0.3 is 8.80 Å². The highest BCUT2D eigenvalue weighted by molar-refractivity contribution is 6.73. The monoisotopic (exact) mass is 398 g/mol. The van der Waals surface area contributed by atoms with Crippen LogP contribution in [0.4, 0.5) is 0 Å². The summed E-state index contributed by atoms with van der Waals surface area (Å²) < 4.78 is 17.2. The summed E-state index contributed by atoms with van der Waals surface area (Å²) in [5.74, 6) is 0. The van der Waals surface area contributed by atoms with Crippen LogP contribution in [0.5, 0.6) is 0 Å². The van der Waals surface area contributed by atoms with Crippen LogP contribution in [-0.2, 0) is 17.8 Å². The van der Waals surface area contributed by atoms with E-state index in [0.717, 1.165) is 11.1 Å². The van der Waals surface area contributed by atoms with Crippen LogP contribution in [0, 0.1) is 0 Å². The molecule has 1 unspecified atom stereocenters. The number of rotatable bonds is 10. The molecule has 0 saturated heterocycles. The maximum atomic E-state index is 7.06. The van der Waals surface area contributed by atoms with Gasteiger partial charge in [0.25, 0.3) is 0 Å². The first-order valence-corrected chi connectivity index (χ1v) is 10.9. The van der Waals surface area contributed by atoms with Crippen molar-refractivity contribution < 1.29 is 13.3 Å². The van der Waals surface area contributed by atoms with E-state index in [1.165, 1.54) is 0 Å². The van der Waals surface area contributed by atoms with E-state index in [2.05, 4.69) is 0 Å². The summed E-state index contributed by atoms with van der Waals surface area (Å²) in [5.41, 5.74) is 1.71. The molecule has 0 aromatic heterocycles. The van der Waals surface area contributed by atoms with Crippen molar-refractivity contribution in [3.8, 4) is 0 Å². The van der Waals surface area contributed by atoms with Crippen LogP contribution in [0.3, 0.4) is 0 Å². The second kappa shape index (κ2) is 9.61. The fraction of sp³-hybridized carbons (Fsp3) is 0.625. The fourth-order valence-electron chi connectivity index (χ4n) is 2.53. The molecule has 132 valence electrons. The van der Waals surface area contributed by atoms with Crippen molar-refractivity contribution in [1.82, 2.24) is 0 Å². The Labute approximate surface area is 155 Å². The van der Waals surface area contributed by atoms with Crippen molar-refractivity contribution in [3.63, 3.8) is 0 Å². The third-order valence-corrected chi connectivity index (χ3v) is 8.90. The van der Waals surface area contributed by atoms with Crippen molar-refractivity contribution in [3.05, 3.63) is 35.4 Å². The summed E-state index contributed by atoms with van der Waals surface area (Å²) in [4.78, 5) is -0.567. The molecule has 0 aliphatic carbocycles. The van der Waals surface area contributed by atoms with Gasteiger partial charge in [0, 0.05) is 19.8 Å². The normalized spacial score (nSPS) is 15.0. The van der Waals surface area contributed by atoms with Gasteiger partial charge in [-0.1, -0.05) is 31.2 Å². The van der Waals surface area contributed by atoms with Crippen molar-refractivity contribution >= 4 is 43.6 Å². The molecule has 0 fully saturated rings. The first-order valence-electron chi connectivity index (χ1n) is 7.90. The van der Waals surface area contributed by atoms with Crippen LogP contribution in [0.25, 0.3) is 0 Å². The molecular weight excluding hydrogens is 375 g/mol. The molecule has 0 heterocycles. The second-order valence-corrected chi connectivity index (χ2v) is 9.82. The lowest BCUT2D eigenvalue weighted by Crippen LogP contribution is -2.60. The minimum Gasteiger partial charge on any atom is -0.373 e. The lowest BCUT2D eigenvalue weighted by Gasteiger charge is -2.41. The van der Waals surface area contributed by atoms with E-state index in [9.17, 15) is 0 Å². The van der Waals surface area contributed by atoms with E-state index >= 15 is 0 Å². The maximum absolute atomic E-state index is 7.06. The van der Waals surface area contributed by atoms with Gasteiger partial charge < -0.3 is 13.3 Å². The smallest absolute Gasteiger partial charge is 0.373 e. The Morgan fingerprint density at radius 2 is 1.35 bits per heavy atom. The van der Waals surface area contributed by atoms with E-state index in [0.29, 0.717) is 26.2 Å². The zero-order valence-corrected chi connectivity index (χ0v) is 17.3. The summed E-state index contributed by atoms with van der Waals surface area (Å²) in [5, 5.41) is 0. The van der Waals surface area contributed by atoms with Crippen molar-refractivity contribution in [2.45, 2.75) is 43.4 Å². The molecule has 0 amide bonds. The van der Waals surface area contributed by atoms with Crippen LogP contribution in [0.2, 0.25) is 0 Å². The Kier molecular flexibility index (Phi) is 8.87. The number of benzene rings is 1. The van der Waals surface area contributed by atoms with Crippen LogP contribution in [0.15, 0.2) is 24.3 Å². The molecular formula is C16H25Cl3O3Si. The Morgan fingerprint density at radius 3 is 1.65 bits per heavy atom. The fourth-order valence-corrected chi connectivity index (χ4v) is 6.47. The molecule has 1 aromatic carbocycles. The predicted molar refractivity (Wildman–Crippen MR) is 99.3 cm³/mol. The predicted octanol–water partition coefficient (Wildman–Crippen LogP) is 5.59. The molecule has 7 heteroatoms. The van der Waals surface area contributed by atoms with Gasteiger partial charge in [0.2, 0.25) is 0 Å². The van der Waals surface area contributed by atoms with Gasteiger partial charge in [-0.25, -0.2) is 0 Å². The van der Waals surface area contributed by atoms with Gasteiger partial charge in [-0.3, -0.25) is 0 Å². The molecule has 1 rings (SSSR count). The zero-order valence-electron chi connectivity index (χ0n) is 14.1. The minimum atomic E-state index is -3.14. The van der Waals surface area contributed by atoms with Gasteiger partial charge in [0.15, 0.2) is 0 Å². The Morgan fingerprint density at radius 1 is 0.913 bits per heavy atom. The molecule has 0 spiro atoms.